The van der Waals surface area contributed by atoms with Crippen molar-refractivity contribution in [2.75, 3.05) is 5.32 Å². The van der Waals surface area contributed by atoms with Gasteiger partial charge in [0.25, 0.3) is 5.91 Å². The molecule has 0 saturated carbocycles. The molecule has 2 heterocycles. The van der Waals surface area contributed by atoms with E-state index in [0.717, 1.165) is 28.6 Å². The minimum Gasteiger partial charge on any atom is -0.363 e. The Balaban J connectivity index is 1.56. The molecule has 0 radical (unpaired) electrons. The van der Waals surface area contributed by atoms with Gasteiger partial charge in [0.15, 0.2) is 6.04 Å². The third-order valence-electron chi connectivity index (χ3n) is 5.70. The fourth-order valence-electron chi connectivity index (χ4n) is 3.84. The van der Waals surface area contributed by atoms with Crippen LogP contribution in [0.4, 0.5) is 32.2 Å². The van der Waals surface area contributed by atoms with Crippen LogP contribution in [0.2, 0.25) is 0 Å². The van der Waals surface area contributed by atoms with Crippen molar-refractivity contribution in [1.29, 1.82) is 0 Å². The first-order valence-corrected chi connectivity index (χ1v) is 10.3. The lowest BCUT2D eigenvalue weighted by atomic mass is 9.96. The highest BCUT2D eigenvalue weighted by Crippen LogP contribution is 2.44. The number of anilines is 1. The van der Waals surface area contributed by atoms with Crippen LogP contribution in [0.1, 0.15) is 51.1 Å². The summed E-state index contributed by atoms with van der Waals surface area (Å²) in [6, 6.07) is 8.67. The summed E-state index contributed by atoms with van der Waals surface area (Å²) in [5, 5.41) is 9.34. The lowest BCUT2D eigenvalue weighted by molar-refractivity contribution is -0.173. The van der Waals surface area contributed by atoms with E-state index in [4.69, 9.17) is 0 Å². The van der Waals surface area contributed by atoms with E-state index >= 15 is 0 Å². The normalized spacial score (nSPS) is 18.2. The van der Waals surface area contributed by atoms with Gasteiger partial charge in [-0.1, -0.05) is 42.0 Å². The monoisotopic (exact) mass is 482 g/mol. The Morgan fingerprint density at radius 2 is 1.71 bits per heavy atom. The van der Waals surface area contributed by atoms with Gasteiger partial charge < -0.3 is 10.6 Å². The van der Waals surface area contributed by atoms with Crippen LogP contribution in [-0.2, 0) is 12.7 Å². The summed E-state index contributed by atoms with van der Waals surface area (Å²) in [5.41, 5.74) is 1.10. The first kappa shape index (κ1) is 23.7. The number of carbonyl (C=O) groups is 1. The highest BCUT2D eigenvalue weighted by atomic mass is 19.4. The van der Waals surface area contributed by atoms with Gasteiger partial charge in [-0.15, -0.1) is 0 Å². The molecule has 4 rings (SSSR count). The Labute approximate surface area is 190 Å². The molecule has 0 aliphatic carbocycles. The van der Waals surface area contributed by atoms with Crippen LogP contribution in [-0.4, -0.2) is 21.9 Å². The second-order valence-corrected chi connectivity index (χ2v) is 8.13. The Morgan fingerprint density at radius 3 is 2.29 bits per heavy atom. The van der Waals surface area contributed by atoms with Crippen molar-refractivity contribution in [2.24, 2.45) is 0 Å². The van der Waals surface area contributed by atoms with E-state index in [9.17, 15) is 31.1 Å². The van der Waals surface area contributed by atoms with Gasteiger partial charge in [-0.2, -0.15) is 31.4 Å². The maximum atomic E-state index is 13.8. The van der Waals surface area contributed by atoms with Gasteiger partial charge in [-0.25, -0.2) is 4.68 Å². The number of nitrogens with zero attached hydrogens (tertiary/aromatic N) is 2. The third kappa shape index (κ3) is 4.87. The standard InChI is InChI=1S/C23H20F6N4O/c1-13-2-6-15(7-3-13)18-10-19(23(27,28)29)33-20(32-18)17(12-31-33)21(34)30-11-14-4-8-16(9-5-14)22(24,25)26/h2-9,12,18-19,32H,10-11H2,1H3,(H,30,34)/t18-,19+/m0/s1. The zero-order valence-corrected chi connectivity index (χ0v) is 17.8. The lowest BCUT2D eigenvalue weighted by Gasteiger charge is -2.34. The van der Waals surface area contributed by atoms with Crippen molar-refractivity contribution in [3.8, 4) is 0 Å². The first-order valence-electron chi connectivity index (χ1n) is 10.3. The number of aryl methyl sites for hydroxylation is 1. The summed E-state index contributed by atoms with van der Waals surface area (Å²) < 4.78 is 80.3. The minimum absolute atomic E-state index is 0.0657. The van der Waals surface area contributed by atoms with Gasteiger partial charge in [0, 0.05) is 13.0 Å². The van der Waals surface area contributed by atoms with Crippen molar-refractivity contribution < 1.29 is 31.1 Å². The summed E-state index contributed by atoms with van der Waals surface area (Å²) in [5.74, 6) is -0.761. The van der Waals surface area contributed by atoms with Gasteiger partial charge in [0.1, 0.15) is 11.4 Å². The van der Waals surface area contributed by atoms with E-state index in [1.54, 1.807) is 24.3 Å². The average Bonchev–Trinajstić information content (AvgIpc) is 3.20. The molecular weight excluding hydrogens is 462 g/mol. The molecule has 1 aromatic heterocycles. The Morgan fingerprint density at radius 1 is 1.06 bits per heavy atom. The van der Waals surface area contributed by atoms with Crippen LogP contribution in [0.5, 0.6) is 0 Å². The van der Waals surface area contributed by atoms with E-state index in [2.05, 4.69) is 15.7 Å². The molecule has 1 aliphatic heterocycles. The number of fused-ring (bicyclic) bond motifs is 1. The van der Waals surface area contributed by atoms with Gasteiger partial charge >= 0.3 is 12.4 Å². The summed E-state index contributed by atoms with van der Waals surface area (Å²) >= 11 is 0. The molecule has 2 N–H and O–H groups in total. The second kappa shape index (κ2) is 8.69. The van der Waals surface area contributed by atoms with E-state index in [0.29, 0.717) is 11.1 Å². The van der Waals surface area contributed by atoms with Crippen molar-refractivity contribution in [2.45, 2.75) is 44.3 Å². The van der Waals surface area contributed by atoms with E-state index < -0.39 is 35.9 Å². The van der Waals surface area contributed by atoms with Gasteiger partial charge in [-0.05, 0) is 30.2 Å². The summed E-state index contributed by atoms with van der Waals surface area (Å²) in [7, 11) is 0. The van der Waals surface area contributed by atoms with Crippen LogP contribution in [0, 0.1) is 6.92 Å². The Kier molecular flexibility index (Phi) is 6.05. The number of carbonyl (C=O) groups excluding carboxylic acids is 1. The number of alkyl halides is 6. The predicted octanol–water partition coefficient (Wildman–Crippen LogP) is 5.80. The molecule has 2 atom stereocenters. The number of halogens is 6. The van der Waals surface area contributed by atoms with Crippen LogP contribution >= 0.6 is 0 Å². The Bertz CT molecular complexity index is 1170. The van der Waals surface area contributed by atoms with E-state index in [-0.39, 0.29) is 24.3 Å². The number of nitrogens with one attached hydrogen (secondary N) is 2. The first-order chi connectivity index (χ1) is 15.9. The van der Waals surface area contributed by atoms with Crippen LogP contribution in [0.25, 0.3) is 0 Å². The van der Waals surface area contributed by atoms with Crippen molar-refractivity contribution in [3.05, 3.63) is 82.5 Å². The molecule has 1 aliphatic rings. The highest BCUT2D eigenvalue weighted by molar-refractivity contribution is 5.98. The molecule has 2 aromatic carbocycles. The summed E-state index contributed by atoms with van der Waals surface area (Å²) in [6.07, 6.45) is -8.30. The SMILES string of the molecule is Cc1ccc([C@@H]2C[C@H](C(F)(F)F)n3ncc(C(=O)NCc4ccc(C(F)(F)F)cc4)c3N2)cc1. The highest BCUT2D eigenvalue weighted by Gasteiger charge is 2.47. The average molecular weight is 482 g/mol. The van der Waals surface area contributed by atoms with E-state index in [1.165, 1.54) is 12.1 Å². The summed E-state index contributed by atoms with van der Waals surface area (Å²) in [4.78, 5) is 12.8. The molecular formula is C23H20F6N4O. The molecule has 3 aromatic rings. The largest absolute Gasteiger partial charge is 0.416 e. The predicted molar refractivity (Wildman–Crippen MR) is 112 cm³/mol. The number of benzene rings is 2. The lowest BCUT2D eigenvalue weighted by Crippen LogP contribution is -2.36. The maximum absolute atomic E-state index is 13.8. The molecule has 34 heavy (non-hydrogen) atoms. The fraction of sp³-hybridized carbons (Fsp3) is 0.304. The quantitative estimate of drug-likeness (QED) is 0.462. The molecule has 0 bridgehead atoms. The number of rotatable bonds is 4. The molecule has 0 fully saturated rings. The molecule has 0 spiro atoms. The van der Waals surface area contributed by atoms with Gasteiger partial charge in [0.05, 0.1) is 17.8 Å². The van der Waals surface area contributed by atoms with Gasteiger partial charge in [0.2, 0.25) is 0 Å². The van der Waals surface area contributed by atoms with Crippen molar-refractivity contribution in [1.82, 2.24) is 15.1 Å². The molecule has 11 heteroatoms. The number of hydrogen-bond donors (Lipinski definition) is 2. The van der Waals surface area contributed by atoms with Crippen LogP contribution in [0.15, 0.2) is 54.7 Å². The van der Waals surface area contributed by atoms with Gasteiger partial charge in [-0.3, -0.25) is 4.79 Å². The zero-order valence-electron chi connectivity index (χ0n) is 17.8. The second-order valence-electron chi connectivity index (χ2n) is 8.13. The molecule has 0 unspecified atom stereocenters. The Hall–Kier alpha value is -3.50. The third-order valence-corrected chi connectivity index (χ3v) is 5.70. The topological polar surface area (TPSA) is 59.0 Å². The number of aromatic nitrogens is 2. The smallest absolute Gasteiger partial charge is 0.363 e. The minimum atomic E-state index is -4.58. The van der Waals surface area contributed by atoms with Crippen LogP contribution < -0.4 is 10.6 Å². The molecule has 0 saturated heterocycles. The zero-order chi connectivity index (χ0) is 24.7. The van der Waals surface area contributed by atoms with Crippen molar-refractivity contribution in [3.63, 3.8) is 0 Å². The van der Waals surface area contributed by atoms with Crippen LogP contribution in [0.3, 0.4) is 0 Å². The number of amides is 1. The van der Waals surface area contributed by atoms with Crippen molar-refractivity contribution >= 4 is 11.7 Å². The molecule has 180 valence electrons. The molecule has 1 amide bonds. The number of hydrogen-bond acceptors (Lipinski definition) is 3. The van der Waals surface area contributed by atoms with E-state index in [1.807, 2.05) is 6.92 Å². The fourth-order valence-corrected chi connectivity index (χ4v) is 3.84. The maximum Gasteiger partial charge on any atom is 0.416 e. The molecule has 5 nitrogen and oxygen atoms in total. The summed E-state index contributed by atoms with van der Waals surface area (Å²) in [6.45, 7) is 1.76.